The number of carbonyl (C=O) groups excluding carboxylic acids is 1. The first-order chi connectivity index (χ1) is 8.13. The average molecular weight is 323 g/mol. The van der Waals surface area contributed by atoms with Crippen molar-refractivity contribution in [2.75, 3.05) is 5.88 Å². The number of unbranched alkanes of at least 4 members (excludes halogenated alkanes) is 1. The molecule has 0 saturated heterocycles. The molecule has 0 atom stereocenters. The second kappa shape index (κ2) is 7.67. The van der Waals surface area contributed by atoms with Gasteiger partial charge in [0.1, 0.15) is 5.82 Å². The van der Waals surface area contributed by atoms with Crippen molar-refractivity contribution in [1.29, 1.82) is 0 Å². The topological polar surface area (TPSA) is 29.1 Å². The van der Waals surface area contributed by atoms with E-state index in [1.54, 1.807) is 6.07 Å². The predicted molar refractivity (Wildman–Crippen MR) is 70.5 cm³/mol. The van der Waals surface area contributed by atoms with E-state index < -0.39 is 0 Å². The van der Waals surface area contributed by atoms with E-state index in [-0.39, 0.29) is 11.7 Å². The van der Waals surface area contributed by atoms with Gasteiger partial charge in [-0.05, 0) is 36.6 Å². The number of hydrogen-bond donors (Lipinski definition) is 1. The Morgan fingerprint density at radius 3 is 2.88 bits per heavy atom. The van der Waals surface area contributed by atoms with Gasteiger partial charge in [0.2, 0.25) is 5.91 Å². The lowest BCUT2D eigenvalue weighted by Gasteiger charge is -2.07. The van der Waals surface area contributed by atoms with Gasteiger partial charge in [-0.2, -0.15) is 0 Å². The Kier molecular flexibility index (Phi) is 6.52. The van der Waals surface area contributed by atoms with Gasteiger partial charge in [0.15, 0.2) is 0 Å². The van der Waals surface area contributed by atoms with Crippen LogP contribution in [0.4, 0.5) is 4.39 Å². The van der Waals surface area contributed by atoms with E-state index in [4.69, 9.17) is 11.6 Å². The largest absolute Gasteiger partial charge is 0.352 e. The molecular formula is C12H14BrClFNO. The summed E-state index contributed by atoms with van der Waals surface area (Å²) in [5, 5.41) is 2.75. The van der Waals surface area contributed by atoms with Gasteiger partial charge in [0, 0.05) is 23.3 Å². The fourth-order valence-corrected chi connectivity index (χ4v) is 1.92. The number of benzene rings is 1. The third-order valence-corrected chi connectivity index (χ3v) is 3.31. The Morgan fingerprint density at radius 2 is 2.18 bits per heavy atom. The maximum Gasteiger partial charge on any atom is 0.220 e. The highest BCUT2D eigenvalue weighted by molar-refractivity contribution is 9.10. The van der Waals surface area contributed by atoms with Crippen LogP contribution in [0.1, 0.15) is 24.8 Å². The van der Waals surface area contributed by atoms with Crippen LogP contribution in [-0.2, 0) is 11.3 Å². The van der Waals surface area contributed by atoms with Crippen molar-refractivity contribution < 1.29 is 9.18 Å². The molecule has 0 aliphatic rings. The molecule has 94 valence electrons. The second-order valence-corrected chi connectivity index (χ2v) is 4.89. The summed E-state index contributed by atoms with van der Waals surface area (Å²) in [6.45, 7) is 0.331. The van der Waals surface area contributed by atoms with Gasteiger partial charge >= 0.3 is 0 Å². The molecule has 1 rings (SSSR count). The fraction of sp³-hybridized carbons (Fsp3) is 0.417. The standard InChI is InChI=1S/C12H14BrClFNO/c13-11-5-4-10(15)7-9(11)8-16-12(17)3-1-2-6-14/h4-5,7H,1-3,6,8H2,(H,16,17). The molecule has 0 saturated carbocycles. The Morgan fingerprint density at radius 1 is 1.41 bits per heavy atom. The third kappa shape index (κ3) is 5.50. The van der Waals surface area contributed by atoms with E-state index in [2.05, 4.69) is 21.2 Å². The number of rotatable bonds is 6. The second-order valence-electron chi connectivity index (χ2n) is 3.66. The van der Waals surface area contributed by atoms with Crippen LogP contribution in [0.2, 0.25) is 0 Å². The molecule has 1 aromatic rings. The van der Waals surface area contributed by atoms with E-state index in [0.29, 0.717) is 18.8 Å². The number of halogens is 3. The highest BCUT2D eigenvalue weighted by Gasteiger charge is 2.04. The summed E-state index contributed by atoms with van der Waals surface area (Å²) in [5.41, 5.74) is 0.732. The summed E-state index contributed by atoms with van der Waals surface area (Å²) < 4.78 is 13.8. The molecule has 1 amide bonds. The van der Waals surface area contributed by atoms with Crippen LogP contribution in [0, 0.1) is 5.82 Å². The van der Waals surface area contributed by atoms with Crippen LogP contribution in [-0.4, -0.2) is 11.8 Å². The summed E-state index contributed by atoms with van der Waals surface area (Å²) in [5.74, 6) is 0.230. The monoisotopic (exact) mass is 321 g/mol. The number of carbonyl (C=O) groups is 1. The lowest BCUT2D eigenvalue weighted by atomic mass is 10.2. The SMILES string of the molecule is O=C(CCCCCl)NCc1cc(F)ccc1Br. The Bertz CT molecular complexity index is 387. The van der Waals surface area contributed by atoms with Crippen molar-refractivity contribution in [2.24, 2.45) is 0 Å². The van der Waals surface area contributed by atoms with Crippen molar-refractivity contribution in [3.8, 4) is 0 Å². The molecule has 1 aromatic carbocycles. The molecule has 0 heterocycles. The van der Waals surface area contributed by atoms with E-state index in [9.17, 15) is 9.18 Å². The van der Waals surface area contributed by atoms with E-state index in [1.165, 1.54) is 12.1 Å². The van der Waals surface area contributed by atoms with Crippen molar-refractivity contribution >= 4 is 33.4 Å². The molecule has 17 heavy (non-hydrogen) atoms. The number of hydrogen-bond acceptors (Lipinski definition) is 1. The van der Waals surface area contributed by atoms with Crippen LogP contribution in [0.25, 0.3) is 0 Å². The molecule has 0 radical (unpaired) electrons. The Balaban J connectivity index is 2.39. The smallest absolute Gasteiger partial charge is 0.220 e. The van der Waals surface area contributed by atoms with Gasteiger partial charge in [-0.25, -0.2) is 4.39 Å². The molecule has 0 aliphatic heterocycles. The first-order valence-corrected chi connectivity index (χ1v) is 6.73. The summed E-state index contributed by atoms with van der Waals surface area (Å²) in [4.78, 5) is 11.4. The summed E-state index contributed by atoms with van der Waals surface area (Å²) in [6.07, 6.45) is 2.07. The molecule has 0 spiro atoms. The maximum atomic E-state index is 13.0. The minimum absolute atomic E-state index is 0.0359. The van der Waals surface area contributed by atoms with E-state index >= 15 is 0 Å². The van der Waals surface area contributed by atoms with Gasteiger partial charge in [0.05, 0.1) is 0 Å². The van der Waals surface area contributed by atoms with E-state index in [0.717, 1.165) is 22.9 Å². The Labute approximate surface area is 114 Å². The van der Waals surface area contributed by atoms with Crippen molar-refractivity contribution in [3.63, 3.8) is 0 Å². The first kappa shape index (κ1) is 14.5. The highest BCUT2D eigenvalue weighted by Crippen LogP contribution is 2.17. The molecule has 0 aromatic heterocycles. The van der Waals surface area contributed by atoms with Crippen LogP contribution in [0.3, 0.4) is 0 Å². The van der Waals surface area contributed by atoms with Gasteiger partial charge in [-0.15, -0.1) is 11.6 Å². The maximum absolute atomic E-state index is 13.0. The quantitative estimate of drug-likeness (QED) is 0.629. The van der Waals surface area contributed by atoms with Crippen molar-refractivity contribution in [2.45, 2.75) is 25.8 Å². The molecule has 2 nitrogen and oxygen atoms in total. The minimum Gasteiger partial charge on any atom is -0.352 e. The number of nitrogens with one attached hydrogen (secondary N) is 1. The first-order valence-electron chi connectivity index (χ1n) is 5.40. The molecule has 1 N–H and O–H groups in total. The highest BCUT2D eigenvalue weighted by atomic mass is 79.9. The van der Waals surface area contributed by atoms with Crippen LogP contribution in [0.15, 0.2) is 22.7 Å². The molecule has 0 aliphatic carbocycles. The zero-order chi connectivity index (χ0) is 12.7. The summed E-state index contributed by atoms with van der Waals surface area (Å²) in [6, 6.07) is 4.41. The van der Waals surface area contributed by atoms with Crippen LogP contribution in [0.5, 0.6) is 0 Å². The number of amides is 1. The summed E-state index contributed by atoms with van der Waals surface area (Å²) >= 11 is 8.83. The van der Waals surface area contributed by atoms with Crippen LogP contribution >= 0.6 is 27.5 Å². The Hall–Kier alpha value is -0.610. The normalized spacial score (nSPS) is 10.3. The van der Waals surface area contributed by atoms with Gasteiger partial charge in [0.25, 0.3) is 0 Å². The molecule has 0 unspecified atom stereocenters. The fourth-order valence-electron chi connectivity index (χ4n) is 1.34. The summed E-state index contributed by atoms with van der Waals surface area (Å²) in [7, 11) is 0. The average Bonchev–Trinajstić information content (AvgIpc) is 2.31. The molecule has 0 bridgehead atoms. The van der Waals surface area contributed by atoms with E-state index in [1.807, 2.05) is 0 Å². The molecule has 5 heteroatoms. The molecule has 0 fully saturated rings. The zero-order valence-corrected chi connectivity index (χ0v) is 11.7. The van der Waals surface area contributed by atoms with Gasteiger partial charge in [-0.3, -0.25) is 4.79 Å². The zero-order valence-electron chi connectivity index (χ0n) is 9.31. The van der Waals surface area contributed by atoms with Gasteiger partial charge in [-0.1, -0.05) is 15.9 Å². The lowest BCUT2D eigenvalue weighted by Crippen LogP contribution is -2.22. The minimum atomic E-state index is -0.306. The predicted octanol–water partition coefficient (Wildman–Crippen LogP) is 3.61. The van der Waals surface area contributed by atoms with Crippen molar-refractivity contribution in [3.05, 3.63) is 34.1 Å². The molecular weight excluding hydrogens is 308 g/mol. The van der Waals surface area contributed by atoms with Crippen molar-refractivity contribution in [1.82, 2.24) is 5.32 Å². The number of alkyl halides is 1. The van der Waals surface area contributed by atoms with Gasteiger partial charge < -0.3 is 5.32 Å². The third-order valence-electron chi connectivity index (χ3n) is 2.27. The van der Waals surface area contributed by atoms with Crippen LogP contribution < -0.4 is 5.32 Å². The lowest BCUT2D eigenvalue weighted by molar-refractivity contribution is -0.121.